The van der Waals surface area contributed by atoms with Gasteiger partial charge in [0.05, 0.1) is 24.9 Å². The van der Waals surface area contributed by atoms with Crippen molar-refractivity contribution in [1.82, 2.24) is 10.3 Å². The maximum Gasteiger partial charge on any atom is 0.180 e. The Balaban J connectivity index is 2.44. The van der Waals surface area contributed by atoms with Crippen LogP contribution in [0.2, 0.25) is 5.02 Å². The summed E-state index contributed by atoms with van der Waals surface area (Å²) in [5.74, 6) is 1.15. The van der Waals surface area contributed by atoms with Gasteiger partial charge in [-0.3, -0.25) is 0 Å². The topological polar surface area (TPSA) is 43.4 Å². The normalized spacial score (nSPS) is 10.5. The molecule has 0 bridgehead atoms. The van der Waals surface area contributed by atoms with Crippen LogP contribution >= 0.6 is 22.9 Å². The van der Waals surface area contributed by atoms with Gasteiger partial charge in [-0.15, -0.1) is 11.3 Å². The molecule has 0 atom stereocenters. The van der Waals surface area contributed by atoms with Crippen LogP contribution in [0, 0.1) is 0 Å². The van der Waals surface area contributed by atoms with Crippen molar-refractivity contribution in [2.45, 2.75) is 6.54 Å². The van der Waals surface area contributed by atoms with E-state index in [1.807, 2.05) is 24.6 Å². The molecular formula is C13H15ClN2O2S. The average Bonchev–Trinajstić information content (AvgIpc) is 2.87. The van der Waals surface area contributed by atoms with E-state index in [1.165, 1.54) is 0 Å². The summed E-state index contributed by atoms with van der Waals surface area (Å²) in [6.07, 6.45) is 0. The monoisotopic (exact) mass is 298 g/mol. The Morgan fingerprint density at radius 3 is 2.74 bits per heavy atom. The van der Waals surface area contributed by atoms with Gasteiger partial charge in [-0.25, -0.2) is 4.98 Å². The third kappa shape index (κ3) is 2.83. The van der Waals surface area contributed by atoms with Crippen LogP contribution < -0.4 is 14.8 Å². The summed E-state index contributed by atoms with van der Waals surface area (Å²) in [6.45, 7) is 0.738. The quantitative estimate of drug-likeness (QED) is 0.920. The Labute approximate surface area is 121 Å². The van der Waals surface area contributed by atoms with Crippen LogP contribution in [0.3, 0.4) is 0 Å². The van der Waals surface area contributed by atoms with Gasteiger partial charge in [0, 0.05) is 17.5 Å². The fourth-order valence-corrected chi connectivity index (χ4v) is 2.98. The maximum absolute atomic E-state index is 6.36. The second-order valence-corrected chi connectivity index (χ2v) is 5.07. The van der Waals surface area contributed by atoms with Crippen molar-refractivity contribution in [3.63, 3.8) is 0 Å². The summed E-state index contributed by atoms with van der Waals surface area (Å²) in [7, 11) is 5.05. The molecule has 0 radical (unpaired) electrons. The highest BCUT2D eigenvalue weighted by Gasteiger charge is 2.16. The fourth-order valence-electron chi connectivity index (χ4n) is 1.75. The highest BCUT2D eigenvalue weighted by atomic mass is 35.5. The highest BCUT2D eigenvalue weighted by molar-refractivity contribution is 7.13. The van der Waals surface area contributed by atoms with Gasteiger partial charge in [0.25, 0.3) is 0 Å². The molecule has 0 saturated carbocycles. The number of ether oxygens (including phenoxy) is 2. The summed E-state index contributed by atoms with van der Waals surface area (Å²) in [5, 5.41) is 6.48. The van der Waals surface area contributed by atoms with Gasteiger partial charge < -0.3 is 14.8 Å². The van der Waals surface area contributed by atoms with E-state index in [2.05, 4.69) is 10.3 Å². The molecule has 4 nitrogen and oxygen atoms in total. The number of nitrogens with one attached hydrogen (secondary N) is 1. The molecule has 0 saturated heterocycles. The van der Waals surface area contributed by atoms with Crippen molar-refractivity contribution in [1.29, 1.82) is 0 Å². The lowest BCUT2D eigenvalue weighted by Gasteiger charge is -2.11. The van der Waals surface area contributed by atoms with Crippen LogP contribution in [0.15, 0.2) is 17.5 Å². The number of aromatic nitrogens is 1. The molecule has 1 aromatic heterocycles. The summed E-state index contributed by atoms with van der Waals surface area (Å²) < 4.78 is 10.5. The summed E-state index contributed by atoms with van der Waals surface area (Å²) in [5.41, 5.74) is 1.85. The first-order valence-electron chi connectivity index (χ1n) is 5.71. The van der Waals surface area contributed by atoms with Crippen LogP contribution in [-0.2, 0) is 6.54 Å². The molecule has 6 heteroatoms. The number of benzene rings is 1. The summed E-state index contributed by atoms with van der Waals surface area (Å²) in [6, 6.07) is 3.73. The lowest BCUT2D eigenvalue weighted by atomic mass is 10.2. The third-order valence-electron chi connectivity index (χ3n) is 2.63. The molecule has 0 amide bonds. The minimum absolute atomic E-state index is 0.521. The van der Waals surface area contributed by atoms with Crippen molar-refractivity contribution < 1.29 is 9.47 Å². The number of rotatable bonds is 5. The zero-order valence-corrected chi connectivity index (χ0v) is 12.6. The van der Waals surface area contributed by atoms with Gasteiger partial charge in [-0.05, 0) is 19.2 Å². The molecule has 1 aromatic carbocycles. The van der Waals surface area contributed by atoms with E-state index in [1.54, 1.807) is 25.6 Å². The third-order valence-corrected chi connectivity index (χ3v) is 3.92. The molecule has 0 aliphatic rings. The second kappa shape index (κ2) is 6.23. The molecule has 0 aliphatic carbocycles. The average molecular weight is 299 g/mol. The van der Waals surface area contributed by atoms with Crippen LogP contribution in [0.4, 0.5) is 0 Å². The lowest BCUT2D eigenvalue weighted by molar-refractivity contribution is 0.355. The van der Waals surface area contributed by atoms with Crippen LogP contribution in [0.25, 0.3) is 10.6 Å². The molecule has 102 valence electrons. The molecule has 1 heterocycles. The van der Waals surface area contributed by atoms with Crippen LogP contribution in [0.1, 0.15) is 5.69 Å². The number of halogens is 1. The SMILES string of the molecule is CNCc1csc(-c2ccc(OC)c(OC)c2Cl)n1. The molecule has 1 N–H and O–H groups in total. The van der Waals surface area contributed by atoms with Gasteiger partial charge in [-0.2, -0.15) is 0 Å². The van der Waals surface area contributed by atoms with E-state index >= 15 is 0 Å². The molecule has 0 spiro atoms. The molecule has 2 aromatic rings. The van der Waals surface area contributed by atoms with E-state index in [9.17, 15) is 0 Å². The largest absolute Gasteiger partial charge is 0.493 e. The van der Waals surface area contributed by atoms with Gasteiger partial charge in [0.1, 0.15) is 5.01 Å². The van der Waals surface area contributed by atoms with Crippen molar-refractivity contribution in [3.8, 4) is 22.1 Å². The summed E-state index contributed by atoms with van der Waals surface area (Å²) in [4.78, 5) is 4.54. The first-order valence-corrected chi connectivity index (χ1v) is 6.96. The first kappa shape index (κ1) is 14.1. The Kier molecular flexibility index (Phi) is 4.63. The number of nitrogens with zero attached hydrogens (tertiary/aromatic N) is 1. The zero-order chi connectivity index (χ0) is 13.8. The Morgan fingerprint density at radius 1 is 1.32 bits per heavy atom. The molecule has 0 aliphatic heterocycles. The van der Waals surface area contributed by atoms with E-state index in [4.69, 9.17) is 21.1 Å². The molecule has 19 heavy (non-hydrogen) atoms. The van der Waals surface area contributed by atoms with E-state index < -0.39 is 0 Å². The molecule has 0 fully saturated rings. The number of methoxy groups -OCH3 is 2. The predicted molar refractivity (Wildman–Crippen MR) is 78.4 cm³/mol. The van der Waals surface area contributed by atoms with Crippen molar-refractivity contribution in [2.75, 3.05) is 21.3 Å². The lowest BCUT2D eigenvalue weighted by Crippen LogP contribution is -2.04. The smallest absolute Gasteiger partial charge is 0.180 e. The Hall–Kier alpha value is -1.30. The Bertz CT molecular complexity index is 572. The maximum atomic E-state index is 6.36. The molecule has 2 rings (SSSR count). The van der Waals surface area contributed by atoms with Crippen LogP contribution in [-0.4, -0.2) is 26.3 Å². The van der Waals surface area contributed by atoms with Gasteiger partial charge >= 0.3 is 0 Å². The van der Waals surface area contributed by atoms with Gasteiger partial charge in [0.15, 0.2) is 11.5 Å². The number of hydrogen-bond donors (Lipinski definition) is 1. The molecule has 0 unspecified atom stereocenters. The second-order valence-electron chi connectivity index (χ2n) is 3.84. The van der Waals surface area contributed by atoms with E-state index in [0.29, 0.717) is 16.5 Å². The van der Waals surface area contributed by atoms with Gasteiger partial charge in [0.2, 0.25) is 0 Å². The van der Waals surface area contributed by atoms with Crippen LogP contribution in [0.5, 0.6) is 11.5 Å². The standard InChI is InChI=1S/C13H15ClN2O2S/c1-15-6-8-7-19-13(16-8)9-4-5-10(17-2)12(18-3)11(9)14/h4-5,7,15H,6H2,1-3H3. The van der Waals surface area contributed by atoms with Crippen molar-refractivity contribution in [2.24, 2.45) is 0 Å². The van der Waals surface area contributed by atoms with Gasteiger partial charge in [-0.1, -0.05) is 11.6 Å². The predicted octanol–water partition coefficient (Wildman–Crippen LogP) is 3.20. The van der Waals surface area contributed by atoms with E-state index in [-0.39, 0.29) is 0 Å². The van der Waals surface area contributed by atoms with Crippen molar-refractivity contribution >= 4 is 22.9 Å². The summed E-state index contributed by atoms with van der Waals surface area (Å²) >= 11 is 7.92. The van der Waals surface area contributed by atoms with E-state index in [0.717, 1.165) is 22.8 Å². The Morgan fingerprint density at radius 2 is 2.11 bits per heavy atom. The highest BCUT2D eigenvalue weighted by Crippen LogP contribution is 2.42. The molecular weight excluding hydrogens is 284 g/mol. The minimum Gasteiger partial charge on any atom is -0.493 e. The van der Waals surface area contributed by atoms with Crippen molar-refractivity contribution in [3.05, 3.63) is 28.2 Å². The minimum atomic E-state index is 0.521. The zero-order valence-electron chi connectivity index (χ0n) is 11.0. The number of thiazole rings is 1. The number of hydrogen-bond acceptors (Lipinski definition) is 5. The fraction of sp³-hybridized carbons (Fsp3) is 0.308. The first-order chi connectivity index (χ1) is 9.21.